The average Bonchev–Trinajstić information content (AvgIpc) is 2.14. The first kappa shape index (κ1) is 11.2. The van der Waals surface area contributed by atoms with Crippen molar-refractivity contribution in [2.75, 3.05) is 0 Å². The van der Waals surface area contributed by atoms with Crippen molar-refractivity contribution in [1.82, 2.24) is 10.3 Å². The number of pyridine rings is 1. The molecule has 0 spiro atoms. The summed E-state index contributed by atoms with van der Waals surface area (Å²) in [6.45, 7) is 9.51. The van der Waals surface area contributed by atoms with Crippen molar-refractivity contribution in [2.45, 2.75) is 46.2 Å². The first-order valence-electron chi connectivity index (χ1n) is 5.20. The van der Waals surface area contributed by atoms with E-state index in [1.165, 1.54) is 5.56 Å². The van der Waals surface area contributed by atoms with E-state index in [0.29, 0.717) is 0 Å². The van der Waals surface area contributed by atoms with E-state index in [4.69, 9.17) is 0 Å². The molecule has 0 bridgehead atoms. The lowest BCUT2D eigenvalue weighted by Gasteiger charge is -2.20. The Labute approximate surface area is 86.8 Å². The molecule has 78 valence electrons. The molecule has 0 saturated carbocycles. The van der Waals surface area contributed by atoms with Gasteiger partial charge in [-0.05, 0) is 38.8 Å². The summed E-state index contributed by atoms with van der Waals surface area (Å²) in [6.07, 6.45) is 2.96. The summed E-state index contributed by atoms with van der Waals surface area (Å²) in [5.74, 6) is 0. The Bertz CT molecular complexity index is 269. The second-order valence-electron chi connectivity index (χ2n) is 4.61. The summed E-state index contributed by atoms with van der Waals surface area (Å²) >= 11 is 0. The molecule has 0 aliphatic rings. The van der Waals surface area contributed by atoms with Crippen molar-refractivity contribution >= 4 is 0 Å². The highest BCUT2D eigenvalue weighted by atomic mass is 14.9. The van der Waals surface area contributed by atoms with E-state index >= 15 is 0 Å². The van der Waals surface area contributed by atoms with Gasteiger partial charge in [0.2, 0.25) is 0 Å². The molecule has 0 amide bonds. The molecule has 0 radical (unpaired) electrons. The average molecular weight is 192 g/mol. The Balaban J connectivity index is 2.52. The Morgan fingerprint density at radius 2 is 2.00 bits per heavy atom. The van der Waals surface area contributed by atoms with E-state index in [9.17, 15) is 0 Å². The van der Waals surface area contributed by atoms with Crippen LogP contribution in [0.1, 0.15) is 39.0 Å². The van der Waals surface area contributed by atoms with Crippen LogP contribution in [0.25, 0.3) is 0 Å². The van der Waals surface area contributed by atoms with Gasteiger partial charge in [-0.1, -0.05) is 13.0 Å². The lowest BCUT2D eigenvalue weighted by atomic mass is 10.1. The van der Waals surface area contributed by atoms with E-state index in [1.807, 2.05) is 6.20 Å². The number of aryl methyl sites for hydroxylation is 1. The normalized spacial score (nSPS) is 11.7. The lowest BCUT2D eigenvalue weighted by Crippen LogP contribution is -2.35. The monoisotopic (exact) mass is 192 g/mol. The first-order valence-corrected chi connectivity index (χ1v) is 5.20. The number of nitrogens with one attached hydrogen (secondary N) is 1. The van der Waals surface area contributed by atoms with E-state index in [2.05, 4.69) is 50.1 Å². The zero-order chi connectivity index (χ0) is 10.6. The van der Waals surface area contributed by atoms with Crippen molar-refractivity contribution < 1.29 is 0 Å². The van der Waals surface area contributed by atoms with Gasteiger partial charge in [0, 0.05) is 24.0 Å². The molecule has 0 saturated heterocycles. The van der Waals surface area contributed by atoms with Gasteiger partial charge < -0.3 is 5.32 Å². The van der Waals surface area contributed by atoms with Crippen molar-refractivity contribution in [2.24, 2.45) is 0 Å². The Morgan fingerprint density at radius 3 is 2.43 bits per heavy atom. The maximum atomic E-state index is 4.36. The predicted molar refractivity (Wildman–Crippen MR) is 60.2 cm³/mol. The maximum absolute atomic E-state index is 4.36. The van der Waals surface area contributed by atoms with Gasteiger partial charge in [-0.25, -0.2) is 0 Å². The summed E-state index contributed by atoms with van der Waals surface area (Å²) in [6, 6.07) is 4.24. The van der Waals surface area contributed by atoms with Gasteiger partial charge >= 0.3 is 0 Å². The van der Waals surface area contributed by atoms with Gasteiger partial charge in [-0.3, -0.25) is 4.98 Å². The quantitative estimate of drug-likeness (QED) is 0.796. The molecule has 1 rings (SSSR count). The fraction of sp³-hybridized carbons (Fsp3) is 0.583. The molecule has 0 aliphatic heterocycles. The highest BCUT2D eigenvalue weighted by Gasteiger charge is 2.07. The highest BCUT2D eigenvalue weighted by molar-refractivity contribution is 5.14. The molecule has 0 aromatic carbocycles. The topological polar surface area (TPSA) is 24.9 Å². The standard InChI is InChI=1S/C12H20N2/c1-5-11-7-6-10(8-13-11)9-14-12(2,3)4/h6-8,14H,5,9H2,1-4H3. The molecule has 2 nitrogen and oxygen atoms in total. The largest absolute Gasteiger partial charge is 0.308 e. The molecule has 0 fully saturated rings. The Morgan fingerprint density at radius 1 is 1.29 bits per heavy atom. The van der Waals surface area contributed by atoms with E-state index < -0.39 is 0 Å². The third kappa shape index (κ3) is 3.88. The van der Waals surface area contributed by atoms with Crippen LogP contribution >= 0.6 is 0 Å². The summed E-state index contributed by atoms with van der Waals surface area (Å²) < 4.78 is 0. The minimum atomic E-state index is 0.170. The molecule has 1 N–H and O–H groups in total. The van der Waals surface area contributed by atoms with Gasteiger partial charge in [-0.15, -0.1) is 0 Å². The fourth-order valence-electron chi connectivity index (χ4n) is 1.14. The Hall–Kier alpha value is -0.890. The summed E-state index contributed by atoms with van der Waals surface area (Å²) in [5, 5.41) is 3.44. The van der Waals surface area contributed by atoms with Crippen molar-refractivity contribution in [3.63, 3.8) is 0 Å². The molecule has 0 unspecified atom stereocenters. The second-order valence-corrected chi connectivity index (χ2v) is 4.61. The molecule has 2 heteroatoms. The minimum Gasteiger partial charge on any atom is -0.308 e. The predicted octanol–water partition coefficient (Wildman–Crippen LogP) is 2.53. The van der Waals surface area contributed by atoms with Gasteiger partial charge in [0.15, 0.2) is 0 Å². The summed E-state index contributed by atoms with van der Waals surface area (Å²) in [4.78, 5) is 4.36. The van der Waals surface area contributed by atoms with Gasteiger partial charge in [0.25, 0.3) is 0 Å². The highest BCUT2D eigenvalue weighted by Crippen LogP contribution is 2.04. The zero-order valence-corrected chi connectivity index (χ0v) is 9.59. The van der Waals surface area contributed by atoms with Crippen LogP contribution < -0.4 is 5.32 Å². The molecule has 14 heavy (non-hydrogen) atoms. The Kier molecular flexibility index (Phi) is 3.64. The molecule has 1 heterocycles. The zero-order valence-electron chi connectivity index (χ0n) is 9.59. The van der Waals surface area contributed by atoms with Crippen LogP contribution in [0.15, 0.2) is 18.3 Å². The van der Waals surface area contributed by atoms with Crippen LogP contribution in [-0.4, -0.2) is 10.5 Å². The van der Waals surface area contributed by atoms with Crippen LogP contribution in [0.4, 0.5) is 0 Å². The van der Waals surface area contributed by atoms with Gasteiger partial charge in [-0.2, -0.15) is 0 Å². The molecule has 1 aromatic heterocycles. The number of aromatic nitrogens is 1. The molecule has 0 aliphatic carbocycles. The minimum absolute atomic E-state index is 0.170. The van der Waals surface area contributed by atoms with Gasteiger partial charge in [0.1, 0.15) is 0 Å². The smallest absolute Gasteiger partial charge is 0.0401 e. The summed E-state index contributed by atoms with van der Waals surface area (Å²) in [5.41, 5.74) is 2.57. The molecular formula is C12H20N2. The number of hydrogen-bond acceptors (Lipinski definition) is 2. The van der Waals surface area contributed by atoms with Crippen LogP contribution in [0.5, 0.6) is 0 Å². The van der Waals surface area contributed by atoms with Crippen LogP contribution in [0.2, 0.25) is 0 Å². The molecular weight excluding hydrogens is 172 g/mol. The van der Waals surface area contributed by atoms with Crippen molar-refractivity contribution in [3.05, 3.63) is 29.6 Å². The molecule has 1 aromatic rings. The number of rotatable bonds is 3. The van der Waals surface area contributed by atoms with Crippen molar-refractivity contribution in [3.8, 4) is 0 Å². The van der Waals surface area contributed by atoms with Crippen LogP contribution in [-0.2, 0) is 13.0 Å². The second kappa shape index (κ2) is 4.56. The molecule has 0 atom stereocenters. The van der Waals surface area contributed by atoms with E-state index in [-0.39, 0.29) is 5.54 Å². The van der Waals surface area contributed by atoms with Gasteiger partial charge in [0.05, 0.1) is 0 Å². The third-order valence-electron chi connectivity index (χ3n) is 2.07. The van der Waals surface area contributed by atoms with Crippen molar-refractivity contribution in [1.29, 1.82) is 0 Å². The lowest BCUT2D eigenvalue weighted by molar-refractivity contribution is 0.424. The maximum Gasteiger partial charge on any atom is 0.0401 e. The van der Waals surface area contributed by atoms with Crippen LogP contribution in [0.3, 0.4) is 0 Å². The van der Waals surface area contributed by atoms with E-state index in [0.717, 1.165) is 18.7 Å². The van der Waals surface area contributed by atoms with E-state index in [1.54, 1.807) is 0 Å². The fourth-order valence-corrected chi connectivity index (χ4v) is 1.14. The number of nitrogens with zero attached hydrogens (tertiary/aromatic N) is 1. The summed E-state index contributed by atoms with van der Waals surface area (Å²) in [7, 11) is 0. The first-order chi connectivity index (χ1) is 6.51. The third-order valence-corrected chi connectivity index (χ3v) is 2.07. The SMILES string of the molecule is CCc1ccc(CNC(C)(C)C)cn1. The van der Waals surface area contributed by atoms with Crippen LogP contribution in [0, 0.1) is 0 Å². The number of hydrogen-bond donors (Lipinski definition) is 1.